The molecule has 0 aliphatic rings. The van der Waals surface area contributed by atoms with Crippen LogP contribution < -0.4 is 10.6 Å². The summed E-state index contributed by atoms with van der Waals surface area (Å²) in [5, 5.41) is 12.2. The molecule has 0 spiro atoms. The van der Waals surface area contributed by atoms with Gasteiger partial charge in [0.15, 0.2) is 5.11 Å². The van der Waals surface area contributed by atoms with Crippen LogP contribution in [0.2, 0.25) is 0 Å². The zero-order chi connectivity index (χ0) is 21.2. The lowest BCUT2D eigenvalue weighted by molar-refractivity contribution is 0.300. The highest BCUT2D eigenvalue weighted by molar-refractivity contribution is 7.80. The van der Waals surface area contributed by atoms with Gasteiger partial charge < -0.3 is 15.5 Å². The lowest BCUT2D eigenvalue weighted by atomic mass is 10.1. The fourth-order valence-corrected chi connectivity index (χ4v) is 3.55. The van der Waals surface area contributed by atoms with E-state index in [0.29, 0.717) is 11.7 Å². The number of hydrogen-bond acceptors (Lipinski definition) is 3. The van der Waals surface area contributed by atoms with Crippen LogP contribution in [-0.2, 0) is 6.54 Å². The van der Waals surface area contributed by atoms with Crippen LogP contribution >= 0.6 is 12.2 Å². The molecule has 1 aromatic heterocycles. The van der Waals surface area contributed by atoms with E-state index in [-0.39, 0.29) is 0 Å². The van der Waals surface area contributed by atoms with Crippen LogP contribution in [0.25, 0.3) is 16.9 Å². The Kier molecular flexibility index (Phi) is 8.41. The first-order valence-corrected chi connectivity index (χ1v) is 11.1. The Hall–Kier alpha value is -2.70. The number of para-hydroxylation sites is 1. The Labute approximate surface area is 185 Å². The third-order valence-electron chi connectivity index (χ3n) is 5.13. The molecule has 30 heavy (non-hydrogen) atoms. The molecule has 2 N–H and O–H groups in total. The Morgan fingerprint density at radius 3 is 2.30 bits per heavy atom. The van der Waals surface area contributed by atoms with Crippen LogP contribution in [0.3, 0.4) is 0 Å². The van der Waals surface area contributed by atoms with Gasteiger partial charge in [-0.25, -0.2) is 4.68 Å². The molecule has 0 saturated heterocycles. The molecule has 0 radical (unpaired) electrons. The smallest absolute Gasteiger partial charge is 0.166 e. The first-order valence-electron chi connectivity index (χ1n) is 10.6. The topological polar surface area (TPSA) is 45.1 Å². The number of benzene rings is 2. The summed E-state index contributed by atoms with van der Waals surface area (Å²) in [4.78, 5) is 2.42. The Balaban J connectivity index is 1.63. The monoisotopic (exact) mass is 421 g/mol. The maximum atomic E-state index is 5.49. The molecule has 158 valence electrons. The van der Waals surface area contributed by atoms with Gasteiger partial charge in [0.25, 0.3) is 0 Å². The van der Waals surface area contributed by atoms with Gasteiger partial charge in [-0.3, -0.25) is 0 Å². The van der Waals surface area contributed by atoms with Crippen molar-refractivity contribution in [1.29, 1.82) is 0 Å². The molecule has 6 heteroatoms. The van der Waals surface area contributed by atoms with Gasteiger partial charge in [0, 0.05) is 30.4 Å². The van der Waals surface area contributed by atoms with Crippen molar-refractivity contribution >= 4 is 17.3 Å². The predicted molar refractivity (Wildman–Crippen MR) is 129 cm³/mol. The van der Waals surface area contributed by atoms with Crippen molar-refractivity contribution in [1.82, 2.24) is 25.3 Å². The maximum Gasteiger partial charge on any atom is 0.166 e. The SMILES string of the molecule is CCN(CC)CCCNC(=S)NCc1cn(-c2ccccc2)nc1-c1ccccc1. The van der Waals surface area contributed by atoms with Crippen molar-refractivity contribution in [2.75, 3.05) is 26.2 Å². The standard InChI is InChI=1S/C24H31N5S/c1-3-28(4-2)17-11-16-25-24(30)26-18-21-19-29(22-14-9-6-10-15-22)27-23(21)20-12-7-5-8-13-20/h5-10,12-15,19H,3-4,11,16-18H2,1-2H3,(H2,25,26,30). The van der Waals surface area contributed by atoms with Crippen LogP contribution in [0.1, 0.15) is 25.8 Å². The van der Waals surface area contributed by atoms with E-state index in [4.69, 9.17) is 17.3 Å². The summed E-state index contributed by atoms with van der Waals surface area (Å²) < 4.78 is 1.93. The minimum Gasteiger partial charge on any atom is -0.363 e. The molecule has 3 aromatic rings. The van der Waals surface area contributed by atoms with Gasteiger partial charge in [0.05, 0.1) is 11.4 Å². The number of rotatable bonds is 10. The molecule has 0 atom stereocenters. The summed E-state index contributed by atoms with van der Waals surface area (Å²) in [7, 11) is 0. The average molecular weight is 422 g/mol. The molecule has 5 nitrogen and oxygen atoms in total. The molecule has 2 aromatic carbocycles. The average Bonchev–Trinajstić information content (AvgIpc) is 3.23. The minimum atomic E-state index is 0.624. The van der Waals surface area contributed by atoms with Gasteiger partial charge in [0.1, 0.15) is 0 Å². The Bertz CT molecular complexity index is 904. The largest absolute Gasteiger partial charge is 0.363 e. The van der Waals surface area contributed by atoms with E-state index in [9.17, 15) is 0 Å². The second kappa shape index (κ2) is 11.5. The molecule has 0 fully saturated rings. The highest BCUT2D eigenvalue weighted by Gasteiger charge is 2.12. The number of aromatic nitrogens is 2. The normalized spacial score (nSPS) is 10.9. The van der Waals surface area contributed by atoms with Crippen molar-refractivity contribution in [2.45, 2.75) is 26.8 Å². The zero-order valence-corrected chi connectivity index (χ0v) is 18.7. The maximum absolute atomic E-state index is 5.49. The summed E-state index contributed by atoms with van der Waals surface area (Å²) in [6.45, 7) is 9.16. The van der Waals surface area contributed by atoms with Crippen molar-refractivity contribution in [3.8, 4) is 16.9 Å². The van der Waals surface area contributed by atoms with Gasteiger partial charge in [-0.15, -0.1) is 0 Å². The molecule has 0 unspecified atom stereocenters. The number of thiocarbonyl (C=S) groups is 1. The predicted octanol–water partition coefficient (Wildman–Crippen LogP) is 4.24. The molecule has 3 rings (SSSR count). The molecule has 0 aliphatic carbocycles. The Morgan fingerprint density at radius 1 is 0.967 bits per heavy atom. The molecule has 0 amide bonds. The van der Waals surface area contributed by atoms with E-state index < -0.39 is 0 Å². The quantitative estimate of drug-likeness (QED) is 0.379. The van der Waals surface area contributed by atoms with Gasteiger partial charge >= 0.3 is 0 Å². The molecular formula is C24H31N5S. The van der Waals surface area contributed by atoms with E-state index in [1.807, 2.05) is 41.1 Å². The van der Waals surface area contributed by atoms with Gasteiger partial charge in [-0.05, 0) is 50.4 Å². The van der Waals surface area contributed by atoms with E-state index in [2.05, 4.69) is 59.8 Å². The number of nitrogens with zero attached hydrogens (tertiary/aromatic N) is 3. The first-order chi connectivity index (χ1) is 14.7. The highest BCUT2D eigenvalue weighted by Crippen LogP contribution is 2.23. The zero-order valence-electron chi connectivity index (χ0n) is 17.8. The summed E-state index contributed by atoms with van der Waals surface area (Å²) in [6.07, 6.45) is 3.15. The van der Waals surface area contributed by atoms with Crippen molar-refractivity contribution < 1.29 is 0 Å². The van der Waals surface area contributed by atoms with Crippen LogP contribution in [-0.4, -0.2) is 46.0 Å². The van der Waals surface area contributed by atoms with Crippen LogP contribution in [0, 0.1) is 0 Å². The van der Waals surface area contributed by atoms with Crippen molar-refractivity contribution in [2.24, 2.45) is 0 Å². The minimum absolute atomic E-state index is 0.624. The second-order valence-corrected chi connectivity index (χ2v) is 7.55. The summed E-state index contributed by atoms with van der Waals surface area (Å²) in [5.74, 6) is 0. The van der Waals surface area contributed by atoms with Gasteiger partial charge in [0.2, 0.25) is 0 Å². The summed E-state index contributed by atoms with van der Waals surface area (Å²) >= 11 is 5.49. The molecule has 0 bridgehead atoms. The van der Waals surface area contributed by atoms with Crippen molar-refractivity contribution in [3.05, 3.63) is 72.4 Å². The third kappa shape index (κ3) is 6.15. The fourth-order valence-electron chi connectivity index (χ4n) is 3.37. The van der Waals surface area contributed by atoms with Crippen LogP contribution in [0.5, 0.6) is 0 Å². The number of nitrogens with one attached hydrogen (secondary N) is 2. The van der Waals surface area contributed by atoms with Crippen LogP contribution in [0.4, 0.5) is 0 Å². The third-order valence-corrected chi connectivity index (χ3v) is 5.42. The van der Waals surface area contributed by atoms with Gasteiger partial charge in [-0.1, -0.05) is 62.4 Å². The van der Waals surface area contributed by atoms with Crippen molar-refractivity contribution in [3.63, 3.8) is 0 Å². The van der Waals surface area contributed by atoms with Crippen LogP contribution in [0.15, 0.2) is 66.9 Å². The summed E-state index contributed by atoms with van der Waals surface area (Å²) in [5.41, 5.74) is 4.22. The van der Waals surface area contributed by atoms with E-state index >= 15 is 0 Å². The summed E-state index contributed by atoms with van der Waals surface area (Å²) in [6, 6.07) is 20.4. The molecular weight excluding hydrogens is 390 g/mol. The molecule has 1 heterocycles. The van der Waals surface area contributed by atoms with E-state index in [1.165, 1.54) is 0 Å². The number of hydrogen-bond donors (Lipinski definition) is 2. The fraction of sp³-hybridized carbons (Fsp3) is 0.333. The first kappa shape index (κ1) is 22.0. The van der Waals surface area contributed by atoms with Gasteiger partial charge in [-0.2, -0.15) is 5.10 Å². The lowest BCUT2D eigenvalue weighted by Gasteiger charge is -2.18. The molecule has 0 saturated carbocycles. The van der Waals surface area contributed by atoms with E-state index in [0.717, 1.165) is 55.1 Å². The Morgan fingerprint density at radius 2 is 1.63 bits per heavy atom. The van der Waals surface area contributed by atoms with E-state index in [1.54, 1.807) is 0 Å². The second-order valence-electron chi connectivity index (χ2n) is 7.14. The highest BCUT2D eigenvalue weighted by atomic mass is 32.1. The molecule has 0 aliphatic heterocycles. The lowest BCUT2D eigenvalue weighted by Crippen LogP contribution is -2.36.